The highest BCUT2D eigenvalue weighted by molar-refractivity contribution is 7.22. The fourth-order valence-corrected chi connectivity index (χ4v) is 4.58. The molecular weight excluding hydrogens is 396 g/mol. The highest BCUT2D eigenvalue weighted by atomic mass is 35.5. The number of nitrogens with zero attached hydrogens (tertiary/aromatic N) is 3. The first-order valence-electron chi connectivity index (χ1n) is 8.65. The van der Waals surface area contributed by atoms with Crippen molar-refractivity contribution < 1.29 is 0 Å². The fourth-order valence-electron chi connectivity index (χ4n) is 3.14. The van der Waals surface area contributed by atoms with E-state index in [9.17, 15) is 9.59 Å². The van der Waals surface area contributed by atoms with Gasteiger partial charge in [-0.15, -0.1) is 11.3 Å². The van der Waals surface area contributed by atoms with Gasteiger partial charge in [-0.05, 0) is 30.7 Å². The Balaban J connectivity index is 2.02. The lowest BCUT2D eigenvalue weighted by molar-refractivity contribution is 0.505. The maximum Gasteiger partial charge on any atom is 0.333 e. The van der Waals surface area contributed by atoms with Crippen LogP contribution in [0.15, 0.2) is 64.4 Å². The summed E-state index contributed by atoms with van der Waals surface area (Å²) in [5, 5.41) is 0.586. The molecule has 1 aromatic carbocycles. The Morgan fingerprint density at radius 1 is 1.21 bits per heavy atom. The molecular formula is C20H17ClN4O2S. The van der Waals surface area contributed by atoms with Crippen molar-refractivity contribution in [1.29, 1.82) is 0 Å². The number of aromatic nitrogens is 3. The first-order chi connectivity index (χ1) is 13.5. The lowest BCUT2D eigenvalue weighted by Gasteiger charge is -2.14. The van der Waals surface area contributed by atoms with E-state index in [0.29, 0.717) is 15.2 Å². The Bertz CT molecular complexity index is 1280. The van der Waals surface area contributed by atoms with E-state index < -0.39 is 11.9 Å². The van der Waals surface area contributed by atoms with Crippen molar-refractivity contribution in [2.24, 2.45) is 5.73 Å². The van der Waals surface area contributed by atoms with Gasteiger partial charge in [0.15, 0.2) is 0 Å². The number of thiophene rings is 1. The zero-order chi connectivity index (χ0) is 19.8. The maximum absolute atomic E-state index is 13.1. The molecule has 0 aliphatic heterocycles. The van der Waals surface area contributed by atoms with Crippen molar-refractivity contribution in [3.05, 3.63) is 86.3 Å². The van der Waals surface area contributed by atoms with Gasteiger partial charge in [0.2, 0.25) is 0 Å². The summed E-state index contributed by atoms with van der Waals surface area (Å²) in [6.07, 6.45) is 2.63. The lowest BCUT2D eigenvalue weighted by Crippen LogP contribution is -2.43. The van der Waals surface area contributed by atoms with Crippen molar-refractivity contribution in [3.8, 4) is 10.4 Å². The van der Waals surface area contributed by atoms with Gasteiger partial charge >= 0.3 is 5.69 Å². The second-order valence-corrected chi connectivity index (χ2v) is 7.91. The predicted molar refractivity (Wildman–Crippen MR) is 113 cm³/mol. The normalized spacial score (nSPS) is 12.4. The molecule has 0 saturated heterocycles. The number of hydrogen-bond acceptors (Lipinski definition) is 5. The lowest BCUT2D eigenvalue weighted by atomic mass is 10.2. The van der Waals surface area contributed by atoms with E-state index in [1.807, 2.05) is 36.4 Å². The zero-order valence-electron chi connectivity index (χ0n) is 15.0. The van der Waals surface area contributed by atoms with Gasteiger partial charge in [-0.3, -0.25) is 14.3 Å². The molecule has 1 unspecified atom stereocenters. The minimum atomic E-state index is -0.740. The van der Waals surface area contributed by atoms with Crippen LogP contribution in [-0.2, 0) is 6.54 Å². The molecule has 4 aromatic rings. The fraction of sp³-hybridized carbons (Fsp3) is 0.150. The number of rotatable bonds is 4. The molecule has 2 N–H and O–H groups in total. The molecule has 4 rings (SSSR count). The van der Waals surface area contributed by atoms with Gasteiger partial charge < -0.3 is 5.73 Å². The van der Waals surface area contributed by atoms with Crippen LogP contribution in [-0.4, -0.2) is 14.1 Å². The summed E-state index contributed by atoms with van der Waals surface area (Å²) >= 11 is 7.64. The molecule has 142 valence electrons. The van der Waals surface area contributed by atoms with E-state index in [2.05, 4.69) is 4.98 Å². The van der Waals surface area contributed by atoms with Crippen molar-refractivity contribution in [3.63, 3.8) is 0 Å². The molecule has 0 bridgehead atoms. The van der Waals surface area contributed by atoms with Crippen LogP contribution in [0.3, 0.4) is 0 Å². The van der Waals surface area contributed by atoms with E-state index in [4.69, 9.17) is 17.3 Å². The van der Waals surface area contributed by atoms with Crippen LogP contribution >= 0.6 is 22.9 Å². The van der Waals surface area contributed by atoms with Gasteiger partial charge in [0.05, 0.1) is 18.2 Å². The smallest absolute Gasteiger partial charge is 0.311 e. The second kappa shape index (κ2) is 7.35. The van der Waals surface area contributed by atoms with Gasteiger partial charge in [0, 0.05) is 27.9 Å². The molecule has 0 radical (unpaired) electrons. The average Bonchev–Trinajstić information content (AvgIpc) is 3.11. The van der Waals surface area contributed by atoms with Crippen LogP contribution in [0.1, 0.15) is 18.7 Å². The molecule has 0 fully saturated rings. The Kier molecular flexibility index (Phi) is 4.89. The standard InChI is InChI=1S/C20H17ClN4O2S/c1-12(22)25-19(26)18-16(9-17(28-18)14-6-2-3-7-15(14)21)24(20(25)27)11-13-5-4-8-23-10-13/h2-10,12H,11,22H2,1H3. The number of fused-ring (bicyclic) bond motifs is 1. The summed E-state index contributed by atoms with van der Waals surface area (Å²) in [6.45, 7) is 1.90. The summed E-state index contributed by atoms with van der Waals surface area (Å²) in [7, 11) is 0. The third-order valence-electron chi connectivity index (χ3n) is 4.46. The number of benzene rings is 1. The van der Waals surface area contributed by atoms with E-state index >= 15 is 0 Å². The molecule has 3 heterocycles. The number of hydrogen-bond donors (Lipinski definition) is 1. The monoisotopic (exact) mass is 412 g/mol. The minimum Gasteiger partial charge on any atom is -0.311 e. The van der Waals surface area contributed by atoms with Crippen molar-refractivity contribution in [1.82, 2.24) is 14.1 Å². The summed E-state index contributed by atoms with van der Waals surface area (Å²) in [5.41, 5.74) is 7.33. The Morgan fingerprint density at radius 2 is 2.00 bits per heavy atom. The quantitative estimate of drug-likeness (QED) is 0.556. The molecule has 0 aliphatic carbocycles. The molecule has 0 spiro atoms. The van der Waals surface area contributed by atoms with Crippen LogP contribution in [0.5, 0.6) is 0 Å². The van der Waals surface area contributed by atoms with Gasteiger partial charge in [0.1, 0.15) is 4.70 Å². The Hall–Kier alpha value is -2.74. The SMILES string of the molecule is CC(N)n1c(=O)c2sc(-c3ccccc3Cl)cc2n(Cc2cccnc2)c1=O. The highest BCUT2D eigenvalue weighted by Crippen LogP contribution is 2.35. The first-order valence-corrected chi connectivity index (χ1v) is 9.85. The third-order valence-corrected chi connectivity index (χ3v) is 5.94. The van der Waals surface area contributed by atoms with E-state index in [1.54, 1.807) is 30.0 Å². The van der Waals surface area contributed by atoms with Crippen LogP contribution in [0.2, 0.25) is 5.02 Å². The minimum absolute atomic E-state index is 0.287. The largest absolute Gasteiger partial charge is 0.333 e. The summed E-state index contributed by atoms with van der Waals surface area (Å²) in [5.74, 6) is 0. The van der Waals surface area contributed by atoms with Crippen LogP contribution in [0, 0.1) is 0 Å². The van der Waals surface area contributed by atoms with Crippen molar-refractivity contribution >= 4 is 33.2 Å². The third kappa shape index (κ3) is 3.17. The average molecular weight is 413 g/mol. The van der Waals surface area contributed by atoms with Crippen molar-refractivity contribution in [2.75, 3.05) is 0 Å². The molecule has 3 aromatic heterocycles. The highest BCUT2D eigenvalue weighted by Gasteiger charge is 2.19. The van der Waals surface area contributed by atoms with Crippen LogP contribution < -0.4 is 17.0 Å². The topological polar surface area (TPSA) is 82.9 Å². The van der Waals surface area contributed by atoms with Gasteiger partial charge in [-0.25, -0.2) is 9.36 Å². The molecule has 1 atom stereocenters. The van der Waals surface area contributed by atoms with E-state index in [0.717, 1.165) is 20.6 Å². The molecule has 0 saturated carbocycles. The molecule has 28 heavy (non-hydrogen) atoms. The van der Waals surface area contributed by atoms with Crippen LogP contribution in [0.25, 0.3) is 20.7 Å². The number of nitrogens with two attached hydrogens (primary N) is 1. The molecule has 0 aliphatic rings. The molecule has 8 heteroatoms. The van der Waals surface area contributed by atoms with Gasteiger partial charge in [-0.2, -0.15) is 0 Å². The number of pyridine rings is 1. The van der Waals surface area contributed by atoms with Crippen LogP contribution in [0.4, 0.5) is 0 Å². The molecule has 6 nitrogen and oxygen atoms in total. The molecule has 0 amide bonds. The summed E-state index contributed by atoms with van der Waals surface area (Å²) in [4.78, 5) is 31.0. The number of halogens is 1. The second-order valence-electron chi connectivity index (χ2n) is 6.45. The van der Waals surface area contributed by atoms with E-state index in [1.165, 1.54) is 11.3 Å². The van der Waals surface area contributed by atoms with E-state index in [-0.39, 0.29) is 12.1 Å². The summed E-state index contributed by atoms with van der Waals surface area (Å²) in [6, 6.07) is 12.9. The first kappa shape index (κ1) is 18.6. The van der Waals surface area contributed by atoms with Crippen molar-refractivity contribution in [2.45, 2.75) is 19.6 Å². The summed E-state index contributed by atoms with van der Waals surface area (Å²) < 4.78 is 3.12. The Morgan fingerprint density at radius 3 is 2.68 bits per heavy atom. The van der Waals surface area contributed by atoms with Gasteiger partial charge in [-0.1, -0.05) is 35.9 Å². The zero-order valence-corrected chi connectivity index (χ0v) is 16.6. The maximum atomic E-state index is 13.1. The Labute approximate surface area is 169 Å². The predicted octanol–water partition coefficient (Wildman–Crippen LogP) is 3.47. The van der Waals surface area contributed by atoms with Gasteiger partial charge in [0.25, 0.3) is 5.56 Å².